The van der Waals surface area contributed by atoms with E-state index in [4.69, 9.17) is 0 Å². The van der Waals surface area contributed by atoms with Crippen LogP contribution in [0.25, 0.3) is 0 Å². The van der Waals surface area contributed by atoms with E-state index in [9.17, 15) is 14.4 Å². The van der Waals surface area contributed by atoms with E-state index in [-0.39, 0.29) is 23.8 Å². The number of anilines is 1. The second-order valence-electron chi connectivity index (χ2n) is 8.13. The molecule has 3 aliphatic heterocycles. The number of quaternary nitrogens is 1. The van der Waals surface area contributed by atoms with E-state index in [0.29, 0.717) is 6.42 Å². The lowest BCUT2D eigenvalue weighted by atomic mass is 9.76. The molecule has 2 aromatic rings. The topological polar surface area (TPSA) is 91.9 Å². The number of nitrogens with one attached hydrogen (secondary N) is 2. The zero-order chi connectivity index (χ0) is 19.6. The number of carbonyl (C=O) groups is 3. The maximum absolute atomic E-state index is 13.3. The molecule has 28 heavy (non-hydrogen) atoms. The Kier molecular flexibility index (Phi) is 3.52. The molecule has 2 fully saturated rings. The molecule has 2 saturated heterocycles. The minimum Gasteiger partial charge on any atom is -0.326 e. The molecule has 0 aliphatic carbocycles. The highest BCUT2D eigenvalue weighted by Crippen LogP contribution is 2.48. The van der Waals surface area contributed by atoms with Gasteiger partial charge in [-0.25, -0.2) is 0 Å². The lowest BCUT2D eigenvalue weighted by molar-refractivity contribution is -0.733. The highest BCUT2D eigenvalue weighted by Gasteiger charge is 2.72. The van der Waals surface area contributed by atoms with Crippen LogP contribution in [0.2, 0.25) is 0 Å². The lowest BCUT2D eigenvalue weighted by Crippen LogP contribution is -2.99. The minimum absolute atomic E-state index is 0.183. The molecule has 5 rings (SSSR count). The average molecular weight is 376 g/mol. The Hall–Kier alpha value is -2.99. The Morgan fingerprint density at radius 2 is 1.71 bits per heavy atom. The molecular weight excluding hydrogens is 354 g/mol. The van der Waals surface area contributed by atoms with Crippen LogP contribution in [0.5, 0.6) is 0 Å². The lowest BCUT2D eigenvalue weighted by Gasteiger charge is -2.24. The molecule has 0 aromatic heterocycles. The van der Waals surface area contributed by atoms with Crippen LogP contribution in [0.1, 0.15) is 22.3 Å². The van der Waals surface area contributed by atoms with Crippen molar-refractivity contribution in [2.45, 2.75) is 31.8 Å². The number of amides is 3. The first-order valence-corrected chi connectivity index (χ1v) is 9.60. The number of imide groups is 1. The van der Waals surface area contributed by atoms with Crippen molar-refractivity contribution in [3.8, 4) is 0 Å². The molecule has 4 N–H and O–H groups in total. The van der Waals surface area contributed by atoms with E-state index in [1.165, 1.54) is 0 Å². The number of hydrogen-bond acceptors (Lipinski definition) is 3. The normalized spacial score (nSPS) is 30.4. The predicted molar refractivity (Wildman–Crippen MR) is 102 cm³/mol. The number of nitrogens with two attached hydrogens (primary N) is 1. The van der Waals surface area contributed by atoms with E-state index < -0.39 is 17.4 Å². The molecule has 6 nitrogen and oxygen atoms in total. The summed E-state index contributed by atoms with van der Waals surface area (Å²) in [6.07, 6.45) is 0.623. The van der Waals surface area contributed by atoms with Gasteiger partial charge in [0.25, 0.3) is 5.91 Å². The molecule has 3 heterocycles. The van der Waals surface area contributed by atoms with Crippen LogP contribution in [0, 0.1) is 25.7 Å². The smallest absolute Gasteiger partial charge is 0.291 e. The first kappa shape index (κ1) is 17.1. The number of benzene rings is 2. The quantitative estimate of drug-likeness (QED) is 0.668. The van der Waals surface area contributed by atoms with Crippen molar-refractivity contribution in [3.63, 3.8) is 0 Å². The monoisotopic (exact) mass is 376 g/mol. The van der Waals surface area contributed by atoms with E-state index in [1.807, 2.05) is 61.6 Å². The highest BCUT2D eigenvalue weighted by molar-refractivity contribution is 6.14. The Morgan fingerprint density at radius 3 is 2.46 bits per heavy atom. The number of carbonyl (C=O) groups excluding carboxylic acids is 3. The number of fused-ring (bicyclic) bond motifs is 4. The van der Waals surface area contributed by atoms with E-state index in [1.54, 1.807) is 0 Å². The van der Waals surface area contributed by atoms with Crippen molar-refractivity contribution < 1.29 is 19.7 Å². The summed E-state index contributed by atoms with van der Waals surface area (Å²) in [6.45, 7) is 3.97. The molecular formula is C22H22N3O3+. The van der Waals surface area contributed by atoms with Gasteiger partial charge in [-0.15, -0.1) is 0 Å². The van der Waals surface area contributed by atoms with Gasteiger partial charge >= 0.3 is 0 Å². The summed E-state index contributed by atoms with van der Waals surface area (Å²) >= 11 is 0. The molecule has 0 bridgehead atoms. The maximum atomic E-state index is 13.3. The van der Waals surface area contributed by atoms with Crippen molar-refractivity contribution in [2.24, 2.45) is 11.8 Å². The number of rotatable bonds is 2. The molecule has 4 atom stereocenters. The average Bonchev–Trinajstić information content (AvgIpc) is 3.26. The molecule has 3 amide bonds. The van der Waals surface area contributed by atoms with Crippen LogP contribution in [0.4, 0.5) is 5.69 Å². The summed E-state index contributed by atoms with van der Waals surface area (Å²) in [5, 5.41) is 7.47. The van der Waals surface area contributed by atoms with Gasteiger partial charge in [0.15, 0.2) is 0 Å². The first-order valence-electron chi connectivity index (χ1n) is 9.60. The fourth-order valence-electron chi connectivity index (χ4n) is 5.28. The molecule has 2 aromatic carbocycles. The second kappa shape index (κ2) is 5.75. The largest absolute Gasteiger partial charge is 0.326 e. The third-order valence-corrected chi connectivity index (χ3v) is 6.73. The third kappa shape index (κ3) is 2.09. The van der Waals surface area contributed by atoms with Gasteiger partial charge in [-0.2, -0.15) is 0 Å². The summed E-state index contributed by atoms with van der Waals surface area (Å²) in [7, 11) is 0. The number of aryl methyl sites for hydroxylation is 1. The summed E-state index contributed by atoms with van der Waals surface area (Å²) in [5.41, 5.74) is 3.69. The fraction of sp³-hybridized carbons (Fsp3) is 0.318. The molecule has 142 valence electrons. The third-order valence-electron chi connectivity index (χ3n) is 6.73. The van der Waals surface area contributed by atoms with Gasteiger partial charge in [-0.1, -0.05) is 36.4 Å². The number of hydrogen-bond donors (Lipinski definition) is 3. The van der Waals surface area contributed by atoms with Gasteiger partial charge in [0.1, 0.15) is 17.9 Å². The second-order valence-corrected chi connectivity index (χ2v) is 8.13. The van der Waals surface area contributed by atoms with Crippen LogP contribution in [0.15, 0.2) is 42.5 Å². The Balaban J connectivity index is 1.65. The summed E-state index contributed by atoms with van der Waals surface area (Å²) in [6, 6.07) is 13.6. The minimum atomic E-state index is -1.09. The molecule has 0 saturated carbocycles. The molecule has 6 heteroatoms. The van der Waals surface area contributed by atoms with Crippen LogP contribution in [0.3, 0.4) is 0 Å². The van der Waals surface area contributed by atoms with Crippen LogP contribution in [-0.2, 0) is 26.3 Å². The van der Waals surface area contributed by atoms with Crippen molar-refractivity contribution >= 4 is 23.4 Å². The van der Waals surface area contributed by atoms with Crippen molar-refractivity contribution in [1.82, 2.24) is 5.32 Å². The van der Waals surface area contributed by atoms with Gasteiger partial charge in [-0.3, -0.25) is 19.7 Å². The fourth-order valence-corrected chi connectivity index (χ4v) is 5.28. The summed E-state index contributed by atoms with van der Waals surface area (Å²) in [5.74, 6) is -2.04. The van der Waals surface area contributed by atoms with Crippen LogP contribution >= 0.6 is 0 Å². The summed E-state index contributed by atoms with van der Waals surface area (Å²) < 4.78 is 0. The zero-order valence-electron chi connectivity index (χ0n) is 15.8. The molecule has 0 radical (unpaired) electrons. The predicted octanol–water partition coefficient (Wildman–Crippen LogP) is 0.528. The molecule has 3 aliphatic rings. The Bertz CT molecular complexity index is 1030. The van der Waals surface area contributed by atoms with Crippen LogP contribution in [-0.4, -0.2) is 23.8 Å². The highest BCUT2D eigenvalue weighted by atomic mass is 16.2. The van der Waals surface area contributed by atoms with Crippen LogP contribution < -0.4 is 16.0 Å². The van der Waals surface area contributed by atoms with E-state index in [0.717, 1.165) is 27.9 Å². The Labute approximate surface area is 162 Å². The van der Waals surface area contributed by atoms with E-state index >= 15 is 0 Å². The van der Waals surface area contributed by atoms with Gasteiger partial charge in [-0.05, 0) is 36.6 Å². The van der Waals surface area contributed by atoms with Crippen molar-refractivity contribution in [1.29, 1.82) is 0 Å². The van der Waals surface area contributed by atoms with Crippen molar-refractivity contribution in [2.75, 3.05) is 5.32 Å². The standard InChI is InChI=1S/C22H21N3O3/c1-11-8-9-14-18(12(11)2)23-21(28)22(14)17-16(19(26)24-20(17)27)15(25-22)10-13-6-4-3-5-7-13/h3-9,15-17,25H,10H2,1-2H3,(H,23,28)(H,24,26,27)/p+1/t15-,16-,17+,22-/m1/s1. The van der Waals surface area contributed by atoms with Gasteiger partial charge in [0, 0.05) is 12.0 Å². The van der Waals surface area contributed by atoms with Crippen molar-refractivity contribution in [3.05, 3.63) is 64.7 Å². The van der Waals surface area contributed by atoms with Gasteiger partial charge in [0.2, 0.25) is 17.4 Å². The van der Waals surface area contributed by atoms with E-state index in [2.05, 4.69) is 10.6 Å². The Morgan fingerprint density at radius 1 is 0.964 bits per heavy atom. The molecule has 0 unspecified atom stereocenters. The molecule has 1 spiro atoms. The zero-order valence-corrected chi connectivity index (χ0v) is 15.8. The van der Waals surface area contributed by atoms with Gasteiger partial charge < -0.3 is 10.6 Å². The summed E-state index contributed by atoms with van der Waals surface area (Å²) in [4.78, 5) is 38.7. The first-order chi connectivity index (χ1) is 13.4. The van der Waals surface area contributed by atoms with Gasteiger partial charge in [0.05, 0.1) is 5.69 Å². The SMILES string of the molecule is Cc1ccc2c(c1C)NC(=O)[C@@]21[NH2+][C@H](Cc2ccccc2)[C@H]2C(=O)NC(=O)[C@H]21. The maximum Gasteiger partial charge on any atom is 0.291 e.